The predicted molar refractivity (Wildman–Crippen MR) is 52.1 cm³/mol. The smallest absolute Gasteiger partial charge is 0.146 e. The monoisotopic (exact) mass is 214 g/mol. The third-order valence-corrected chi connectivity index (χ3v) is 2.04. The molecule has 1 aromatic carbocycles. The average Bonchev–Trinajstić information content (AvgIpc) is 2.09. The molecule has 0 aromatic heterocycles. The first-order chi connectivity index (χ1) is 6.49. The van der Waals surface area contributed by atoms with Crippen LogP contribution in [0.5, 0.6) is 0 Å². The molecule has 0 saturated carbocycles. The van der Waals surface area contributed by atoms with E-state index in [1.165, 1.54) is 19.1 Å². The van der Waals surface area contributed by atoms with Gasteiger partial charge in [-0.15, -0.1) is 0 Å². The summed E-state index contributed by atoms with van der Waals surface area (Å²) in [5.74, 6) is -0.661. The van der Waals surface area contributed by atoms with E-state index < -0.39 is 11.5 Å². The number of azide groups is 1. The molecule has 1 aromatic rings. The normalized spacial score (nSPS) is 14.3. The molecule has 0 aliphatic carbocycles. The lowest BCUT2D eigenvalue weighted by atomic mass is 10.0. The summed E-state index contributed by atoms with van der Waals surface area (Å²) < 4.78 is 13.4. The van der Waals surface area contributed by atoms with Crippen molar-refractivity contribution < 1.29 is 4.39 Å². The summed E-state index contributed by atoms with van der Waals surface area (Å²) in [4.78, 5) is 2.54. The van der Waals surface area contributed by atoms with E-state index in [0.29, 0.717) is 0 Å². The first-order valence-electron chi connectivity index (χ1n) is 3.78. The molecule has 0 saturated heterocycles. The van der Waals surface area contributed by atoms with Gasteiger partial charge in [0.15, 0.2) is 0 Å². The van der Waals surface area contributed by atoms with Gasteiger partial charge in [0.25, 0.3) is 0 Å². The number of hydrogen-bond donors (Lipinski definition) is 1. The van der Waals surface area contributed by atoms with Crippen molar-refractivity contribution in [3.05, 3.63) is 45.0 Å². The summed E-state index contributed by atoms with van der Waals surface area (Å²) in [5.41, 5.74) is 12.5. The lowest BCUT2D eigenvalue weighted by molar-refractivity contribution is 0.476. The minimum atomic E-state index is -1.43. The Morgan fingerprint density at radius 3 is 2.86 bits per heavy atom. The van der Waals surface area contributed by atoms with Crippen molar-refractivity contribution in [2.24, 2.45) is 10.8 Å². The van der Waals surface area contributed by atoms with Gasteiger partial charge in [-0.25, -0.2) is 4.39 Å². The molecule has 14 heavy (non-hydrogen) atoms. The zero-order chi connectivity index (χ0) is 10.8. The molecule has 0 spiro atoms. The Labute approximate surface area is 85.1 Å². The van der Waals surface area contributed by atoms with E-state index in [2.05, 4.69) is 10.0 Å². The fourth-order valence-corrected chi connectivity index (χ4v) is 1.22. The van der Waals surface area contributed by atoms with Crippen LogP contribution in [-0.2, 0) is 5.66 Å². The molecule has 0 aliphatic heterocycles. The minimum Gasteiger partial charge on any atom is -0.317 e. The van der Waals surface area contributed by atoms with Gasteiger partial charge in [-0.05, 0) is 18.5 Å². The van der Waals surface area contributed by atoms with Crippen LogP contribution in [0.1, 0.15) is 12.5 Å². The van der Waals surface area contributed by atoms with Crippen LogP contribution in [-0.4, -0.2) is 0 Å². The highest BCUT2D eigenvalue weighted by Gasteiger charge is 2.24. The number of rotatable bonds is 2. The summed E-state index contributed by atoms with van der Waals surface area (Å²) in [7, 11) is 0. The minimum absolute atomic E-state index is 0.0488. The Bertz CT molecular complexity index is 398. The van der Waals surface area contributed by atoms with E-state index in [9.17, 15) is 4.39 Å². The molecule has 0 heterocycles. The standard InChI is InChI=1S/C8H8ClFN4/c1-8(11,13-14-12)5-3-2-4-6(9)7(5)10/h2-4H,11H2,1H3/t8-/m0/s1. The molecule has 0 radical (unpaired) electrons. The number of nitrogens with zero attached hydrogens (tertiary/aromatic N) is 3. The Balaban J connectivity index is 3.32. The molecule has 1 atom stereocenters. The Hall–Kier alpha value is -1.29. The maximum absolute atomic E-state index is 13.4. The Morgan fingerprint density at radius 2 is 2.29 bits per heavy atom. The van der Waals surface area contributed by atoms with Crippen molar-refractivity contribution in [1.82, 2.24) is 0 Å². The summed E-state index contributed by atoms with van der Waals surface area (Å²) in [5, 5.41) is 3.24. The van der Waals surface area contributed by atoms with Crippen LogP contribution in [0.4, 0.5) is 4.39 Å². The van der Waals surface area contributed by atoms with Crippen molar-refractivity contribution in [3.63, 3.8) is 0 Å². The Kier molecular flexibility index (Phi) is 2.96. The third kappa shape index (κ3) is 1.96. The van der Waals surface area contributed by atoms with Crippen molar-refractivity contribution >= 4 is 11.6 Å². The molecule has 74 valence electrons. The van der Waals surface area contributed by atoms with Crippen molar-refractivity contribution in [1.29, 1.82) is 0 Å². The maximum atomic E-state index is 13.4. The van der Waals surface area contributed by atoms with Crippen LogP contribution < -0.4 is 5.73 Å². The molecule has 4 nitrogen and oxygen atoms in total. The molecule has 1 rings (SSSR count). The van der Waals surface area contributed by atoms with Gasteiger partial charge >= 0.3 is 0 Å². The number of benzene rings is 1. The predicted octanol–water partition coefficient (Wildman–Crippen LogP) is 2.92. The topological polar surface area (TPSA) is 74.8 Å². The highest BCUT2D eigenvalue weighted by molar-refractivity contribution is 6.30. The van der Waals surface area contributed by atoms with Gasteiger partial charge in [0.2, 0.25) is 0 Å². The molecule has 6 heteroatoms. The quantitative estimate of drug-likeness (QED) is 0.459. The first kappa shape index (κ1) is 10.8. The highest BCUT2D eigenvalue weighted by Crippen LogP contribution is 2.26. The fourth-order valence-electron chi connectivity index (χ4n) is 1.04. The van der Waals surface area contributed by atoms with Crippen LogP contribution in [0.15, 0.2) is 23.3 Å². The lowest BCUT2D eigenvalue weighted by Crippen LogP contribution is -2.31. The second-order valence-electron chi connectivity index (χ2n) is 2.94. The van der Waals surface area contributed by atoms with E-state index in [-0.39, 0.29) is 10.6 Å². The van der Waals surface area contributed by atoms with E-state index >= 15 is 0 Å². The van der Waals surface area contributed by atoms with E-state index in [1.807, 2.05) is 0 Å². The summed E-state index contributed by atoms with van der Waals surface area (Å²) in [6.07, 6.45) is 0. The van der Waals surface area contributed by atoms with E-state index in [1.54, 1.807) is 6.07 Å². The Morgan fingerprint density at radius 1 is 1.64 bits per heavy atom. The summed E-state index contributed by atoms with van der Waals surface area (Å²) in [6.45, 7) is 1.40. The number of nitrogens with two attached hydrogens (primary N) is 1. The summed E-state index contributed by atoms with van der Waals surface area (Å²) >= 11 is 5.55. The van der Waals surface area contributed by atoms with Crippen LogP contribution in [0.25, 0.3) is 10.4 Å². The van der Waals surface area contributed by atoms with Crippen LogP contribution >= 0.6 is 11.6 Å². The average molecular weight is 215 g/mol. The van der Waals surface area contributed by atoms with Crippen molar-refractivity contribution in [2.45, 2.75) is 12.6 Å². The van der Waals surface area contributed by atoms with Gasteiger partial charge in [-0.3, -0.25) is 0 Å². The molecule has 0 fully saturated rings. The van der Waals surface area contributed by atoms with Gasteiger partial charge in [-0.1, -0.05) is 28.8 Å². The largest absolute Gasteiger partial charge is 0.317 e. The lowest BCUT2D eigenvalue weighted by Gasteiger charge is -2.19. The van der Waals surface area contributed by atoms with Crippen molar-refractivity contribution in [2.75, 3.05) is 0 Å². The second-order valence-corrected chi connectivity index (χ2v) is 3.35. The van der Waals surface area contributed by atoms with Gasteiger partial charge in [0.1, 0.15) is 11.5 Å². The zero-order valence-electron chi connectivity index (χ0n) is 7.41. The second kappa shape index (κ2) is 3.84. The van der Waals surface area contributed by atoms with E-state index in [0.717, 1.165) is 0 Å². The fraction of sp³-hybridized carbons (Fsp3) is 0.250. The van der Waals surface area contributed by atoms with Crippen LogP contribution in [0.2, 0.25) is 5.02 Å². The molecule has 0 unspecified atom stereocenters. The zero-order valence-corrected chi connectivity index (χ0v) is 8.16. The van der Waals surface area contributed by atoms with E-state index in [4.69, 9.17) is 22.9 Å². The molecule has 0 amide bonds. The molecule has 2 N–H and O–H groups in total. The molecular weight excluding hydrogens is 207 g/mol. The SMILES string of the molecule is C[C@](N)(N=[N+]=[N-])c1cccc(Cl)c1F. The third-order valence-electron chi connectivity index (χ3n) is 1.75. The van der Waals surface area contributed by atoms with Gasteiger partial charge < -0.3 is 5.73 Å². The molecule has 0 aliphatic rings. The van der Waals surface area contributed by atoms with Gasteiger partial charge in [0, 0.05) is 10.5 Å². The van der Waals surface area contributed by atoms with Crippen molar-refractivity contribution in [3.8, 4) is 0 Å². The molecule has 0 bridgehead atoms. The number of halogens is 2. The summed E-state index contributed by atoms with van der Waals surface area (Å²) in [6, 6.07) is 4.36. The van der Waals surface area contributed by atoms with Crippen LogP contribution in [0.3, 0.4) is 0 Å². The first-order valence-corrected chi connectivity index (χ1v) is 4.16. The van der Waals surface area contributed by atoms with Crippen LogP contribution in [0, 0.1) is 5.82 Å². The highest BCUT2D eigenvalue weighted by atomic mass is 35.5. The maximum Gasteiger partial charge on any atom is 0.146 e. The molecular formula is C8H8ClFN4. The number of hydrogen-bond acceptors (Lipinski definition) is 2. The van der Waals surface area contributed by atoms with Gasteiger partial charge in [-0.2, -0.15) is 0 Å². The van der Waals surface area contributed by atoms with Gasteiger partial charge in [0.05, 0.1) is 5.02 Å².